The number of pyridine rings is 2. The quantitative estimate of drug-likeness (QED) is 0.468. The van der Waals surface area contributed by atoms with Gasteiger partial charge in [0.15, 0.2) is 0 Å². The largest absolute Gasteiger partial charge is 0.472 e. The first kappa shape index (κ1) is 28.2. The van der Waals surface area contributed by atoms with Gasteiger partial charge in [-0.2, -0.15) is 4.31 Å². The van der Waals surface area contributed by atoms with E-state index < -0.39 is 32.9 Å². The predicted octanol–water partition coefficient (Wildman–Crippen LogP) is 2.56. The molecule has 1 aromatic carbocycles. The molecule has 0 bridgehead atoms. The number of carbonyl (C=O) groups is 1. The first-order valence-corrected chi connectivity index (χ1v) is 13.8. The number of likely N-dealkylation sites (N-methyl/N-ethyl adjacent to an activating group) is 1. The molecule has 1 aliphatic rings. The molecule has 204 valence electrons. The Morgan fingerprint density at radius 1 is 1.21 bits per heavy atom. The molecule has 4 rings (SSSR count). The Kier molecular flexibility index (Phi) is 8.60. The molecule has 3 atom stereocenters. The van der Waals surface area contributed by atoms with Crippen molar-refractivity contribution in [1.82, 2.24) is 19.2 Å². The number of hydrogen-bond acceptors (Lipinski definition) is 7. The number of nitrogens with zero attached hydrogens (tertiary/aromatic N) is 4. The van der Waals surface area contributed by atoms with Crippen molar-refractivity contribution in [3.05, 3.63) is 83.6 Å². The van der Waals surface area contributed by atoms with Gasteiger partial charge in [0.25, 0.3) is 5.91 Å². The van der Waals surface area contributed by atoms with Gasteiger partial charge in [-0.05, 0) is 37.3 Å². The molecule has 0 aliphatic carbocycles. The Bertz CT molecular complexity index is 1510. The summed E-state index contributed by atoms with van der Waals surface area (Å²) in [4.78, 5) is 23.0. The standard InChI is InChI=1S/C28H29FN4O5S/c1-19-16-33(20(2)18-34)28(35)23-13-22(11-10-21-7-6-12-30-14-21)15-31-27(23)38-25(19)17-32(3)39(36,37)26-9-5-4-8-24(26)29/h4-9,12-15,19-20,25,34H,16-18H2,1-3H3/t19-,20+,25+/m1/s1. The Hall–Kier alpha value is -3.85. The number of halogens is 1. The molecule has 1 aliphatic heterocycles. The number of rotatable bonds is 6. The lowest BCUT2D eigenvalue weighted by atomic mass is 10.0. The second kappa shape index (κ2) is 11.9. The first-order valence-electron chi connectivity index (χ1n) is 12.3. The molecule has 39 heavy (non-hydrogen) atoms. The summed E-state index contributed by atoms with van der Waals surface area (Å²) in [7, 11) is -2.81. The lowest BCUT2D eigenvalue weighted by molar-refractivity contribution is 0.0373. The van der Waals surface area contributed by atoms with Crippen molar-refractivity contribution in [3.8, 4) is 17.7 Å². The van der Waals surface area contributed by atoms with Gasteiger partial charge >= 0.3 is 0 Å². The number of aliphatic hydroxyl groups excluding tert-OH is 1. The molecule has 11 heteroatoms. The van der Waals surface area contributed by atoms with Crippen LogP contribution in [0, 0.1) is 23.6 Å². The summed E-state index contributed by atoms with van der Waals surface area (Å²) < 4.78 is 47.8. The van der Waals surface area contributed by atoms with Gasteiger partial charge in [-0.25, -0.2) is 17.8 Å². The van der Waals surface area contributed by atoms with Crippen LogP contribution in [0.25, 0.3) is 0 Å². The molecule has 3 aromatic rings. The van der Waals surface area contributed by atoms with Gasteiger partial charge in [0.05, 0.1) is 19.2 Å². The number of ether oxygens (including phenoxy) is 1. The van der Waals surface area contributed by atoms with Crippen molar-refractivity contribution in [2.75, 3.05) is 26.7 Å². The third-order valence-electron chi connectivity index (χ3n) is 6.50. The molecule has 0 fully saturated rings. The van der Waals surface area contributed by atoms with Crippen molar-refractivity contribution >= 4 is 15.9 Å². The Morgan fingerprint density at radius 3 is 2.64 bits per heavy atom. The third kappa shape index (κ3) is 6.25. The monoisotopic (exact) mass is 552 g/mol. The number of benzene rings is 1. The fourth-order valence-corrected chi connectivity index (χ4v) is 5.39. The van der Waals surface area contributed by atoms with E-state index >= 15 is 0 Å². The predicted molar refractivity (Wildman–Crippen MR) is 142 cm³/mol. The lowest BCUT2D eigenvalue weighted by Gasteiger charge is -2.37. The average molecular weight is 553 g/mol. The molecule has 0 saturated heterocycles. The highest BCUT2D eigenvalue weighted by Gasteiger charge is 2.36. The van der Waals surface area contributed by atoms with Gasteiger partial charge in [-0.3, -0.25) is 9.78 Å². The van der Waals surface area contributed by atoms with Crippen LogP contribution in [0.4, 0.5) is 4.39 Å². The fourth-order valence-electron chi connectivity index (χ4n) is 4.14. The summed E-state index contributed by atoms with van der Waals surface area (Å²) in [6.45, 7) is 3.32. The number of aromatic nitrogens is 2. The zero-order valence-corrected chi connectivity index (χ0v) is 22.6. The summed E-state index contributed by atoms with van der Waals surface area (Å²) in [5.74, 6) is 4.37. The zero-order chi connectivity index (χ0) is 28.2. The molecule has 0 unspecified atom stereocenters. The van der Waals surface area contributed by atoms with E-state index in [0.717, 1.165) is 10.4 Å². The van der Waals surface area contributed by atoms with Crippen LogP contribution in [0.3, 0.4) is 0 Å². The second-order valence-corrected chi connectivity index (χ2v) is 11.4. The van der Waals surface area contributed by atoms with E-state index in [0.29, 0.717) is 11.1 Å². The highest BCUT2D eigenvalue weighted by molar-refractivity contribution is 7.89. The topological polar surface area (TPSA) is 113 Å². The van der Waals surface area contributed by atoms with E-state index in [1.165, 1.54) is 36.3 Å². The third-order valence-corrected chi connectivity index (χ3v) is 8.35. The molecule has 3 heterocycles. The molecular formula is C28H29FN4O5S. The molecule has 2 aromatic heterocycles. The molecule has 9 nitrogen and oxygen atoms in total. The zero-order valence-electron chi connectivity index (χ0n) is 21.8. The van der Waals surface area contributed by atoms with Crippen LogP contribution < -0.4 is 4.74 Å². The summed E-state index contributed by atoms with van der Waals surface area (Å²) in [5.41, 5.74) is 1.30. The Morgan fingerprint density at radius 2 is 1.95 bits per heavy atom. The molecule has 1 N–H and O–H groups in total. The second-order valence-electron chi connectivity index (χ2n) is 9.41. The molecular weight excluding hydrogens is 523 g/mol. The summed E-state index contributed by atoms with van der Waals surface area (Å²) in [6, 6.07) is 9.78. The molecule has 0 spiro atoms. The van der Waals surface area contributed by atoms with Crippen molar-refractivity contribution in [1.29, 1.82) is 0 Å². The summed E-state index contributed by atoms with van der Waals surface area (Å²) >= 11 is 0. The first-order chi connectivity index (χ1) is 18.6. The van der Waals surface area contributed by atoms with Gasteiger partial charge in [-0.15, -0.1) is 0 Å². The number of aliphatic hydroxyl groups is 1. The van der Waals surface area contributed by atoms with E-state index in [4.69, 9.17) is 4.74 Å². The summed E-state index contributed by atoms with van der Waals surface area (Å²) in [5, 5.41) is 9.84. The van der Waals surface area contributed by atoms with E-state index in [1.54, 1.807) is 37.5 Å². The maximum absolute atomic E-state index is 14.3. The van der Waals surface area contributed by atoms with Crippen molar-refractivity contribution in [3.63, 3.8) is 0 Å². The summed E-state index contributed by atoms with van der Waals surface area (Å²) in [6.07, 6.45) is 3.99. The fraction of sp³-hybridized carbons (Fsp3) is 0.321. The van der Waals surface area contributed by atoms with Crippen LogP contribution in [-0.2, 0) is 10.0 Å². The number of amides is 1. The number of hydrogen-bond donors (Lipinski definition) is 1. The van der Waals surface area contributed by atoms with Crippen LogP contribution in [-0.4, -0.2) is 77.5 Å². The smallest absolute Gasteiger partial charge is 0.259 e. The molecule has 0 radical (unpaired) electrons. The normalized spacial score (nSPS) is 18.3. The maximum atomic E-state index is 14.3. The van der Waals surface area contributed by atoms with E-state index in [1.807, 2.05) is 6.92 Å². The van der Waals surface area contributed by atoms with Gasteiger partial charge < -0.3 is 14.7 Å². The Balaban J connectivity index is 1.69. The van der Waals surface area contributed by atoms with Gasteiger partial charge in [-0.1, -0.05) is 30.9 Å². The van der Waals surface area contributed by atoms with Crippen LogP contribution in [0.1, 0.15) is 35.3 Å². The van der Waals surface area contributed by atoms with Crippen molar-refractivity contribution in [2.45, 2.75) is 30.9 Å². The van der Waals surface area contributed by atoms with Gasteiger partial charge in [0.2, 0.25) is 15.9 Å². The maximum Gasteiger partial charge on any atom is 0.259 e. The van der Waals surface area contributed by atoms with Crippen molar-refractivity contribution < 1.29 is 27.4 Å². The highest BCUT2D eigenvalue weighted by Crippen LogP contribution is 2.28. The van der Waals surface area contributed by atoms with Crippen LogP contribution >= 0.6 is 0 Å². The van der Waals surface area contributed by atoms with Crippen molar-refractivity contribution in [2.24, 2.45) is 5.92 Å². The van der Waals surface area contributed by atoms with E-state index in [2.05, 4.69) is 21.8 Å². The SMILES string of the molecule is C[C@@H]1CN([C@@H](C)CO)C(=O)c2cc(C#Cc3cccnc3)cnc2O[C@H]1CN(C)S(=O)(=O)c1ccccc1F. The van der Waals surface area contributed by atoms with Crippen LogP contribution in [0.5, 0.6) is 5.88 Å². The number of carbonyl (C=O) groups excluding carboxylic acids is 1. The number of sulfonamides is 1. The Labute approximate surface area is 227 Å². The van der Waals surface area contributed by atoms with Crippen LogP contribution in [0.2, 0.25) is 0 Å². The van der Waals surface area contributed by atoms with Crippen LogP contribution in [0.15, 0.2) is 66.0 Å². The van der Waals surface area contributed by atoms with Gasteiger partial charge in [0, 0.05) is 49.2 Å². The lowest BCUT2D eigenvalue weighted by Crippen LogP contribution is -2.50. The minimum Gasteiger partial charge on any atom is -0.472 e. The highest BCUT2D eigenvalue weighted by atomic mass is 32.2. The number of fused-ring (bicyclic) bond motifs is 1. The van der Waals surface area contributed by atoms with E-state index in [-0.39, 0.29) is 43.0 Å². The average Bonchev–Trinajstić information content (AvgIpc) is 2.94. The molecule has 0 saturated carbocycles. The van der Waals surface area contributed by atoms with Gasteiger partial charge in [0.1, 0.15) is 22.4 Å². The van der Waals surface area contributed by atoms with E-state index in [9.17, 15) is 22.7 Å². The minimum absolute atomic E-state index is 0.0234. The minimum atomic E-state index is -4.16. The molecule has 1 amide bonds.